The molecule has 0 aromatic heterocycles. The zero-order valence-electron chi connectivity index (χ0n) is 23.7. The lowest BCUT2D eigenvalue weighted by molar-refractivity contribution is 0.405. The van der Waals surface area contributed by atoms with Crippen molar-refractivity contribution in [1.29, 1.82) is 0 Å². The smallest absolute Gasteiger partial charge is 0.253 e. The number of hydrogen-bond acceptors (Lipinski definition) is 1. The van der Waals surface area contributed by atoms with Crippen molar-refractivity contribution in [2.45, 2.75) is 122 Å². The number of unbranched alkanes of at least 4 members (excludes halogenated alkanes) is 5. The Kier molecular flexibility index (Phi) is 12.3. The molecule has 215 valence electrons. The summed E-state index contributed by atoms with van der Waals surface area (Å²) in [5, 5.41) is -2.28. The average Bonchev–Trinajstić information content (AvgIpc) is 2.90. The van der Waals surface area contributed by atoms with Gasteiger partial charge in [0.15, 0.2) is 34.8 Å². The normalized spacial score (nSPS) is 13.9. The van der Waals surface area contributed by atoms with Crippen LogP contribution in [0.5, 0.6) is 5.75 Å². The van der Waals surface area contributed by atoms with E-state index in [1.807, 2.05) is 13.8 Å². The first kappa shape index (κ1) is 32.7. The third kappa shape index (κ3) is 6.98. The molecule has 1 nitrogen and oxygen atoms in total. The molecule has 1 atom stereocenters. The van der Waals surface area contributed by atoms with Gasteiger partial charge in [-0.1, -0.05) is 104 Å². The van der Waals surface area contributed by atoms with Gasteiger partial charge in [-0.3, -0.25) is 0 Å². The van der Waals surface area contributed by atoms with Gasteiger partial charge in [0.25, 0.3) is 8.32 Å². The molecule has 0 saturated heterocycles. The molecular formula is C29H43F6OSi2. The van der Waals surface area contributed by atoms with E-state index in [-0.39, 0.29) is 5.54 Å². The van der Waals surface area contributed by atoms with Gasteiger partial charge in [-0.15, -0.1) is 0 Å². The van der Waals surface area contributed by atoms with Crippen LogP contribution >= 0.6 is 0 Å². The fraction of sp³-hybridized carbons (Fsp3) is 0.655. The van der Waals surface area contributed by atoms with Crippen molar-refractivity contribution >= 4 is 27.2 Å². The topological polar surface area (TPSA) is 9.23 Å². The summed E-state index contributed by atoms with van der Waals surface area (Å²) in [7, 11) is -4.55. The SMILES string of the molecule is CCCCCCCC[Si](CC[Si](CC)(CC)CC)(Oc1c(F)c(F)c2c(F)c(F)c(F)[c]c2c1F)C(C)C. The lowest BCUT2D eigenvalue weighted by Gasteiger charge is -2.39. The summed E-state index contributed by atoms with van der Waals surface area (Å²) in [5.74, 6) is -11.7. The number of rotatable bonds is 16. The monoisotopic (exact) mass is 577 g/mol. The Morgan fingerprint density at radius 1 is 0.658 bits per heavy atom. The molecule has 0 amide bonds. The molecule has 1 unspecified atom stereocenters. The highest BCUT2D eigenvalue weighted by atomic mass is 28.4. The van der Waals surface area contributed by atoms with Gasteiger partial charge in [-0.25, -0.2) is 22.0 Å². The van der Waals surface area contributed by atoms with E-state index in [4.69, 9.17) is 4.43 Å². The van der Waals surface area contributed by atoms with E-state index < -0.39 is 67.8 Å². The zero-order valence-corrected chi connectivity index (χ0v) is 25.7. The first-order valence-corrected chi connectivity index (χ1v) is 19.4. The van der Waals surface area contributed by atoms with Gasteiger partial charge < -0.3 is 4.43 Å². The van der Waals surface area contributed by atoms with Crippen LogP contribution in [-0.4, -0.2) is 16.4 Å². The zero-order chi connectivity index (χ0) is 28.7. The molecule has 2 aromatic carbocycles. The predicted octanol–water partition coefficient (Wildman–Crippen LogP) is 11.1. The van der Waals surface area contributed by atoms with E-state index in [0.29, 0.717) is 12.1 Å². The molecule has 2 aromatic rings. The molecule has 9 heteroatoms. The van der Waals surface area contributed by atoms with Gasteiger partial charge in [-0.2, -0.15) is 4.39 Å². The van der Waals surface area contributed by atoms with Crippen molar-refractivity contribution in [3.05, 3.63) is 41.0 Å². The number of halogens is 6. The summed E-state index contributed by atoms with van der Waals surface area (Å²) in [5.41, 5.74) is -0.0429. The van der Waals surface area contributed by atoms with E-state index in [1.165, 1.54) is 0 Å². The lowest BCUT2D eigenvalue weighted by atomic mass is 10.1. The lowest BCUT2D eigenvalue weighted by Crippen LogP contribution is -2.47. The van der Waals surface area contributed by atoms with Gasteiger partial charge in [-0.05, 0) is 17.6 Å². The molecular weight excluding hydrogens is 534 g/mol. The predicted molar refractivity (Wildman–Crippen MR) is 149 cm³/mol. The van der Waals surface area contributed by atoms with Crippen LogP contribution in [0.25, 0.3) is 10.8 Å². The van der Waals surface area contributed by atoms with E-state index in [9.17, 15) is 13.2 Å². The summed E-state index contributed by atoms with van der Waals surface area (Å²) >= 11 is 0. The van der Waals surface area contributed by atoms with Crippen molar-refractivity contribution in [2.24, 2.45) is 0 Å². The maximum atomic E-state index is 15.6. The van der Waals surface area contributed by atoms with Gasteiger partial charge in [0.1, 0.15) is 0 Å². The second-order valence-electron chi connectivity index (χ2n) is 11.0. The molecule has 0 spiro atoms. The van der Waals surface area contributed by atoms with Crippen LogP contribution in [0.2, 0.25) is 41.8 Å². The van der Waals surface area contributed by atoms with Crippen LogP contribution in [0.1, 0.15) is 80.1 Å². The van der Waals surface area contributed by atoms with Gasteiger partial charge in [0.05, 0.1) is 13.5 Å². The molecule has 0 fully saturated rings. The van der Waals surface area contributed by atoms with E-state index in [0.717, 1.165) is 62.7 Å². The molecule has 0 bridgehead atoms. The molecule has 0 aliphatic rings. The van der Waals surface area contributed by atoms with Crippen LogP contribution in [-0.2, 0) is 0 Å². The van der Waals surface area contributed by atoms with Crippen molar-refractivity contribution in [3.8, 4) is 5.75 Å². The second kappa shape index (κ2) is 14.2. The third-order valence-corrected chi connectivity index (χ3v) is 20.1. The second-order valence-corrected chi connectivity index (χ2v) is 21.1. The average molecular weight is 578 g/mol. The van der Waals surface area contributed by atoms with E-state index in [2.05, 4.69) is 27.7 Å². The van der Waals surface area contributed by atoms with Crippen LogP contribution in [0.4, 0.5) is 26.3 Å². The molecule has 0 aliphatic carbocycles. The molecule has 38 heavy (non-hydrogen) atoms. The summed E-state index contributed by atoms with van der Waals surface area (Å²) < 4.78 is 94.1. The largest absolute Gasteiger partial charge is 0.539 e. The Bertz CT molecular complexity index is 1070. The molecule has 0 saturated carbocycles. The quantitative estimate of drug-likeness (QED) is 0.0634. The van der Waals surface area contributed by atoms with Crippen LogP contribution in [0.15, 0.2) is 0 Å². The summed E-state index contributed by atoms with van der Waals surface area (Å²) in [6.07, 6.45) is 6.24. The van der Waals surface area contributed by atoms with Crippen LogP contribution < -0.4 is 4.43 Å². The van der Waals surface area contributed by atoms with Gasteiger partial charge in [0.2, 0.25) is 5.82 Å². The summed E-state index contributed by atoms with van der Waals surface area (Å²) in [4.78, 5) is 0. The molecule has 2 rings (SSSR count). The third-order valence-electron chi connectivity index (χ3n) is 8.76. The summed E-state index contributed by atoms with van der Waals surface area (Å²) in [6, 6.07) is 7.26. The van der Waals surface area contributed by atoms with E-state index >= 15 is 13.2 Å². The Hall–Kier alpha value is -1.49. The van der Waals surface area contributed by atoms with Crippen LogP contribution in [0.3, 0.4) is 0 Å². The minimum Gasteiger partial charge on any atom is -0.539 e. The summed E-state index contributed by atoms with van der Waals surface area (Å²) in [6.45, 7) is 12.7. The highest BCUT2D eigenvalue weighted by Crippen LogP contribution is 2.43. The highest BCUT2D eigenvalue weighted by Gasteiger charge is 2.44. The van der Waals surface area contributed by atoms with Crippen LogP contribution in [0, 0.1) is 41.0 Å². The van der Waals surface area contributed by atoms with E-state index in [1.54, 1.807) is 6.07 Å². The molecule has 0 aliphatic heterocycles. The van der Waals surface area contributed by atoms with Crippen molar-refractivity contribution in [1.82, 2.24) is 0 Å². The molecule has 1 radical (unpaired) electrons. The maximum Gasteiger partial charge on any atom is 0.253 e. The minimum atomic E-state index is -2.94. The fourth-order valence-corrected chi connectivity index (χ4v) is 15.2. The van der Waals surface area contributed by atoms with Crippen molar-refractivity contribution < 1.29 is 30.8 Å². The van der Waals surface area contributed by atoms with Gasteiger partial charge >= 0.3 is 0 Å². The van der Waals surface area contributed by atoms with Crippen molar-refractivity contribution in [3.63, 3.8) is 0 Å². The Morgan fingerprint density at radius 2 is 1.21 bits per heavy atom. The molecule has 0 N–H and O–H groups in total. The number of fused-ring (bicyclic) bond motifs is 1. The Labute approximate surface area is 226 Å². The van der Waals surface area contributed by atoms with Gasteiger partial charge in [0, 0.05) is 11.5 Å². The number of hydrogen-bond donors (Lipinski definition) is 0. The Balaban J connectivity index is 2.58. The standard InChI is InChI=1S/C29H43F6OSi2/c1-7-11-12-13-14-15-16-38(20(5)6,18-17-37(8-2,9-3)10-4)36-29-24(31)21-19-22(30)25(32)26(33)23(21)27(34)28(29)35/h20H,7-18H2,1-6H3. The first-order valence-electron chi connectivity index (χ1n) is 14.2. The molecule has 0 heterocycles. The number of benzene rings is 2. The maximum absolute atomic E-state index is 15.6. The first-order chi connectivity index (χ1) is 17.9. The highest BCUT2D eigenvalue weighted by molar-refractivity contribution is 6.83. The Morgan fingerprint density at radius 3 is 1.76 bits per heavy atom. The van der Waals surface area contributed by atoms with Crippen molar-refractivity contribution in [2.75, 3.05) is 0 Å². The minimum absolute atomic E-state index is 0.0429. The fourth-order valence-electron chi connectivity index (χ4n) is 5.51.